The molecule has 0 spiro atoms. The van der Waals surface area contributed by atoms with Crippen molar-refractivity contribution in [3.8, 4) is 21.8 Å². The largest absolute Gasteiger partial charge is 0.380 e. The van der Waals surface area contributed by atoms with Crippen LogP contribution >= 0.6 is 27.3 Å². The van der Waals surface area contributed by atoms with Gasteiger partial charge in [-0.05, 0) is 52.2 Å². The monoisotopic (exact) mass is 352 g/mol. The van der Waals surface area contributed by atoms with Gasteiger partial charge in [0.2, 0.25) is 0 Å². The number of thiophene rings is 1. The maximum atomic E-state index is 13.0. The fourth-order valence-corrected chi connectivity index (χ4v) is 3.46. The third kappa shape index (κ3) is 2.25. The van der Waals surface area contributed by atoms with Crippen LogP contribution < -0.4 is 5.73 Å². The van der Waals surface area contributed by atoms with E-state index >= 15 is 0 Å². The Morgan fingerprint density at radius 2 is 2.00 bits per heavy atom. The Morgan fingerprint density at radius 3 is 2.60 bits per heavy atom. The molecule has 0 saturated carbocycles. The molecule has 0 aliphatic carbocycles. The zero-order valence-electron chi connectivity index (χ0n) is 10.5. The first kappa shape index (κ1) is 13.3. The number of benzene rings is 1. The Bertz CT molecular complexity index is 745. The molecule has 1 aromatic carbocycles. The van der Waals surface area contributed by atoms with Crippen molar-refractivity contribution in [3.63, 3.8) is 0 Å². The van der Waals surface area contributed by atoms with Crippen molar-refractivity contribution in [1.82, 2.24) is 5.16 Å². The van der Waals surface area contributed by atoms with E-state index in [1.807, 2.05) is 13.0 Å². The van der Waals surface area contributed by atoms with Gasteiger partial charge in [-0.25, -0.2) is 4.39 Å². The molecule has 2 N–H and O–H groups in total. The topological polar surface area (TPSA) is 52.0 Å². The predicted molar refractivity (Wildman–Crippen MR) is 82.1 cm³/mol. The molecule has 3 aromatic rings. The maximum Gasteiger partial charge on any atom is 0.186 e. The second-order valence-electron chi connectivity index (χ2n) is 4.35. The molecule has 3 rings (SSSR count). The summed E-state index contributed by atoms with van der Waals surface area (Å²) >= 11 is 5.03. The second kappa shape index (κ2) is 5.03. The lowest BCUT2D eigenvalue weighted by atomic mass is 10.0. The van der Waals surface area contributed by atoms with Crippen LogP contribution in [0.1, 0.15) is 5.56 Å². The molecule has 0 unspecified atom stereocenters. The van der Waals surface area contributed by atoms with Gasteiger partial charge in [0.25, 0.3) is 0 Å². The van der Waals surface area contributed by atoms with E-state index in [1.54, 1.807) is 23.5 Å². The lowest BCUT2D eigenvalue weighted by Crippen LogP contribution is -1.88. The van der Waals surface area contributed by atoms with Crippen LogP contribution in [0.3, 0.4) is 0 Å². The molecular weight excluding hydrogens is 343 g/mol. The zero-order chi connectivity index (χ0) is 14.3. The lowest BCUT2D eigenvalue weighted by molar-refractivity contribution is 0.437. The predicted octanol–water partition coefficient (Wildman–Crippen LogP) is 4.86. The molecule has 0 aliphatic rings. The fourth-order valence-electron chi connectivity index (χ4n) is 1.94. The molecule has 20 heavy (non-hydrogen) atoms. The third-order valence-electron chi connectivity index (χ3n) is 2.93. The molecule has 102 valence electrons. The van der Waals surface area contributed by atoms with Gasteiger partial charge >= 0.3 is 0 Å². The first-order valence-corrected chi connectivity index (χ1v) is 7.44. The zero-order valence-corrected chi connectivity index (χ0v) is 12.9. The number of halogens is 2. The highest BCUT2D eigenvalue weighted by Crippen LogP contribution is 2.42. The van der Waals surface area contributed by atoms with E-state index < -0.39 is 0 Å². The summed E-state index contributed by atoms with van der Waals surface area (Å²) in [5, 5.41) is 3.83. The van der Waals surface area contributed by atoms with Gasteiger partial charge in [0.1, 0.15) is 5.82 Å². The highest BCUT2D eigenvalue weighted by Gasteiger charge is 2.20. The molecule has 0 fully saturated rings. The van der Waals surface area contributed by atoms with Gasteiger partial charge < -0.3 is 10.3 Å². The lowest BCUT2D eigenvalue weighted by Gasteiger charge is -2.01. The van der Waals surface area contributed by atoms with Gasteiger partial charge in [-0.1, -0.05) is 17.3 Å². The number of rotatable bonds is 2. The molecule has 2 heterocycles. The van der Waals surface area contributed by atoms with E-state index in [1.165, 1.54) is 12.1 Å². The minimum absolute atomic E-state index is 0.292. The summed E-state index contributed by atoms with van der Waals surface area (Å²) in [4.78, 5) is 0.929. The van der Waals surface area contributed by atoms with Crippen LogP contribution in [0.5, 0.6) is 0 Å². The molecule has 0 bridgehead atoms. The smallest absolute Gasteiger partial charge is 0.186 e. The quantitative estimate of drug-likeness (QED) is 0.716. The van der Waals surface area contributed by atoms with E-state index in [9.17, 15) is 4.39 Å². The molecule has 2 aromatic heterocycles. The minimum atomic E-state index is -0.292. The van der Waals surface area contributed by atoms with Gasteiger partial charge in [-0.3, -0.25) is 0 Å². The Kier molecular flexibility index (Phi) is 3.35. The van der Waals surface area contributed by atoms with E-state index in [0.717, 1.165) is 19.8 Å². The van der Waals surface area contributed by atoms with E-state index in [0.29, 0.717) is 17.1 Å². The summed E-state index contributed by atoms with van der Waals surface area (Å²) in [5.74, 6) is 0.613. The van der Waals surface area contributed by atoms with Crippen LogP contribution in [0.25, 0.3) is 21.8 Å². The molecule has 6 heteroatoms. The fraction of sp³-hybridized carbons (Fsp3) is 0.0714. The number of anilines is 1. The summed E-state index contributed by atoms with van der Waals surface area (Å²) in [7, 11) is 0. The molecule has 0 radical (unpaired) electrons. The standard InChI is InChI=1S/C14H10BrFN2OS/c1-7-6-10(20-13(7)15)12-11(14(17)18-19-12)8-2-4-9(16)5-3-8/h2-6H,1H3,(H2,17,18). The van der Waals surface area contributed by atoms with Gasteiger partial charge in [0.05, 0.1) is 14.2 Å². The summed E-state index contributed by atoms with van der Waals surface area (Å²) in [6.07, 6.45) is 0. The number of nitrogen functional groups attached to an aromatic ring is 1. The number of aromatic nitrogens is 1. The van der Waals surface area contributed by atoms with Crippen molar-refractivity contribution in [1.29, 1.82) is 0 Å². The average Bonchev–Trinajstić information content (AvgIpc) is 2.95. The van der Waals surface area contributed by atoms with E-state index in [4.69, 9.17) is 10.3 Å². The molecule has 0 atom stereocenters. The van der Waals surface area contributed by atoms with E-state index in [2.05, 4.69) is 21.1 Å². The van der Waals surface area contributed by atoms with Crippen LogP contribution in [0, 0.1) is 12.7 Å². The second-order valence-corrected chi connectivity index (χ2v) is 6.72. The number of hydrogen-bond donors (Lipinski definition) is 1. The van der Waals surface area contributed by atoms with Gasteiger partial charge in [-0.15, -0.1) is 11.3 Å². The molecule has 0 aliphatic heterocycles. The first-order valence-electron chi connectivity index (χ1n) is 5.83. The minimum Gasteiger partial charge on any atom is -0.380 e. The van der Waals surface area contributed by atoms with Crippen LogP contribution in [0.2, 0.25) is 0 Å². The Hall–Kier alpha value is -1.66. The van der Waals surface area contributed by atoms with Gasteiger partial charge in [0.15, 0.2) is 11.6 Å². The van der Waals surface area contributed by atoms with Crippen LogP contribution in [-0.2, 0) is 0 Å². The summed E-state index contributed by atoms with van der Waals surface area (Å²) in [6.45, 7) is 2.00. The Labute approximate surface area is 127 Å². The van der Waals surface area contributed by atoms with E-state index in [-0.39, 0.29) is 5.82 Å². The van der Waals surface area contributed by atoms with Crippen molar-refractivity contribution in [2.45, 2.75) is 6.92 Å². The van der Waals surface area contributed by atoms with Gasteiger partial charge in [0, 0.05) is 0 Å². The Balaban J connectivity index is 2.16. The highest BCUT2D eigenvalue weighted by molar-refractivity contribution is 9.11. The normalized spacial score (nSPS) is 10.9. The van der Waals surface area contributed by atoms with Crippen LogP contribution in [0.4, 0.5) is 10.2 Å². The van der Waals surface area contributed by atoms with Crippen LogP contribution in [-0.4, -0.2) is 5.16 Å². The summed E-state index contributed by atoms with van der Waals surface area (Å²) < 4.78 is 19.4. The molecule has 3 nitrogen and oxygen atoms in total. The highest BCUT2D eigenvalue weighted by atomic mass is 79.9. The number of nitrogens with zero attached hydrogens (tertiary/aromatic N) is 1. The van der Waals surface area contributed by atoms with Crippen LogP contribution in [0.15, 0.2) is 38.6 Å². The number of hydrogen-bond acceptors (Lipinski definition) is 4. The summed E-state index contributed by atoms with van der Waals surface area (Å²) in [6, 6.07) is 8.11. The number of aryl methyl sites for hydroxylation is 1. The number of nitrogens with two attached hydrogens (primary N) is 1. The van der Waals surface area contributed by atoms with Crippen molar-refractivity contribution in [2.24, 2.45) is 0 Å². The van der Waals surface area contributed by atoms with Gasteiger partial charge in [-0.2, -0.15) is 0 Å². The molecule has 0 saturated heterocycles. The van der Waals surface area contributed by atoms with Crippen molar-refractivity contribution >= 4 is 33.1 Å². The average molecular weight is 353 g/mol. The van der Waals surface area contributed by atoms with Crippen molar-refractivity contribution in [2.75, 3.05) is 5.73 Å². The molecule has 0 amide bonds. The van der Waals surface area contributed by atoms with Crippen molar-refractivity contribution < 1.29 is 8.91 Å². The summed E-state index contributed by atoms with van der Waals surface area (Å²) in [5.41, 5.74) is 8.48. The Morgan fingerprint density at radius 1 is 1.30 bits per heavy atom. The SMILES string of the molecule is Cc1cc(-c2onc(N)c2-c2ccc(F)cc2)sc1Br. The third-order valence-corrected chi connectivity index (χ3v) is 5.07. The first-order chi connectivity index (χ1) is 9.56. The van der Waals surface area contributed by atoms with Crippen molar-refractivity contribution in [3.05, 3.63) is 45.5 Å². The maximum absolute atomic E-state index is 13.0. The molecular formula is C14H10BrFN2OS.